The molecule has 0 heterocycles. The Bertz CT molecular complexity index is 239. The molecule has 0 spiro atoms. The average molecular weight is 223 g/mol. The zero-order valence-corrected chi connectivity index (χ0v) is 11.8. The number of allylic oxidation sites excluding steroid dienone is 1. The van der Waals surface area contributed by atoms with Gasteiger partial charge in [-0.05, 0) is 32.6 Å². The summed E-state index contributed by atoms with van der Waals surface area (Å²) in [6.07, 6.45) is 6.97. The van der Waals surface area contributed by atoms with Gasteiger partial charge in [0.05, 0.1) is 0 Å². The van der Waals surface area contributed by atoms with Gasteiger partial charge in [-0.15, -0.1) is 0 Å². The maximum absolute atomic E-state index is 4.19. The molecule has 0 saturated heterocycles. The van der Waals surface area contributed by atoms with Crippen molar-refractivity contribution >= 4 is 0 Å². The lowest BCUT2D eigenvalue weighted by molar-refractivity contribution is 0.197. The van der Waals surface area contributed by atoms with Crippen LogP contribution in [0, 0.1) is 11.3 Å². The van der Waals surface area contributed by atoms with Gasteiger partial charge >= 0.3 is 0 Å². The summed E-state index contributed by atoms with van der Waals surface area (Å²) < 4.78 is 0. The first-order valence-corrected chi connectivity index (χ1v) is 6.71. The van der Waals surface area contributed by atoms with E-state index in [2.05, 4.69) is 46.5 Å². The predicted molar refractivity (Wildman–Crippen MR) is 72.4 cm³/mol. The first-order chi connectivity index (χ1) is 7.23. The molecule has 0 aromatic heterocycles. The van der Waals surface area contributed by atoms with Gasteiger partial charge < -0.3 is 5.32 Å². The summed E-state index contributed by atoms with van der Waals surface area (Å²) >= 11 is 0. The fourth-order valence-electron chi connectivity index (χ4n) is 2.50. The lowest BCUT2D eigenvalue weighted by Crippen LogP contribution is -2.48. The summed E-state index contributed by atoms with van der Waals surface area (Å²) in [4.78, 5) is 0. The lowest BCUT2D eigenvalue weighted by atomic mass is 9.76. The molecule has 1 heteroatoms. The maximum atomic E-state index is 4.19. The third-order valence-corrected chi connectivity index (χ3v) is 4.00. The lowest BCUT2D eigenvalue weighted by Gasteiger charge is -2.41. The molecule has 0 amide bonds. The molecule has 1 fully saturated rings. The molecule has 0 aliphatic heterocycles. The number of hydrogen-bond acceptors (Lipinski definition) is 1. The molecule has 1 aliphatic carbocycles. The highest BCUT2D eigenvalue weighted by molar-refractivity contribution is 5.07. The Morgan fingerprint density at radius 1 is 1.00 bits per heavy atom. The van der Waals surface area contributed by atoms with Crippen molar-refractivity contribution in [2.75, 3.05) is 0 Å². The van der Waals surface area contributed by atoms with E-state index in [0.29, 0.717) is 0 Å². The third kappa shape index (κ3) is 3.54. The van der Waals surface area contributed by atoms with Crippen LogP contribution in [-0.4, -0.2) is 5.54 Å². The molecule has 0 unspecified atom stereocenters. The minimum Gasteiger partial charge on any atom is -0.383 e. The Kier molecular flexibility index (Phi) is 4.09. The van der Waals surface area contributed by atoms with E-state index in [1.165, 1.54) is 37.8 Å². The molecule has 1 nitrogen and oxygen atoms in total. The Balaban J connectivity index is 2.59. The summed E-state index contributed by atoms with van der Waals surface area (Å²) in [6.45, 7) is 15.5. The Morgan fingerprint density at radius 3 is 1.94 bits per heavy atom. The van der Waals surface area contributed by atoms with Crippen molar-refractivity contribution in [3.05, 3.63) is 12.3 Å². The van der Waals surface area contributed by atoms with Crippen molar-refractivity contribution in [3.63, 3.8) is 0 Å². The van der Waals surface area contributed by atoms with E-state index in [1.54, 1.807) is 0 Å². The highest BCUT2D eigenvalue weighted by atomic mass is 15.0. The number of hydrogen-bond donors (Lipinski definition) is 1. The first kappa shape index (κ1) is 13.6. The zero-order chi connectivity index (χ0) is 12.4. The zero-order valence-electron chi connectivity index (χ0n) is 11.8. The summed E-state index contributed by atoms with van der Waals surface area (Å²) in [6, 6.07) is 0. The van der Waals surface area contributed by atoms with Crippen molar-refractivity contribution in [1.82, 2.24) is 5.32 Å². The molecule has 0 radical (unpaired) electrons. The molecule has 16 heavy (non-hydrogen) atoms. The molecular formula is C15H29N. The van der Waals surface area contributed by atoms with Gasteiger partial charge in [0, 0.05) is 16.7 Å². The topological polar surface area (TPSA) is 12.0 Å². The van der Waals surface area contributed by atoms with Crippen molar-refractivity contribution in [2.24, 2.45) is 11.3 Å². The highest BCUT2D eigenvalue weighted by Crippen LogP contribution is 2.34. The second-order valence-corrected chi connectivity index (χ2v) is 6.91. The third-order valence-electron chi connectivity index (χ3n) is 4.00. The molecule has 0 bridgehead atoms. The Hall–Kier alpha value is -0.460. The summed E-state index contributed by atoms with van der Waals surface area (Å²) in [7, 11) is 0. The SMILES string of the molecule is C=C(NC(C)(C)C1CCCCC1)C(C)(C)C. The summed E-state index contributed by atoms with van der Waals surface area (Å²) in [5.74, 6) is 0.806. The summed E-state index contributed by atoms with van der Waals surface area (Å²) in [5, 5.41) is 3.67. The van der Waals surface area contributed by atoms with Crippen LogP contribution in [0.3, 0.4) is 0 Å². The standard InChI is InChI=1S/C15H29N/c1-12(14(2,3)4)16-15(5,6)13-10-8-7-9-11-13/h13,16H,1,7-11H2,2-6H3. The average Bonchev–Trinajstić information content (AvgIpc) is 2.17. The van der Waals surface area contributed by atoms with Crippen LogP contribution in [0.5, 0.6) is 0 Å². The van der Waals surface area contributed by atoms with Crippen LogP contribution < -0.4 is 5.32 Å². The number of nitrogens with one attached hydrogen (secondary N) is 1. The normalized spacial score (nSPS) is 19.6. The van der Waals surface area contributed by atoms with E-state index in [1.807, 2.05) is 0 Å². The highest BCUT2D eigenvalue weighted by Gasteiger charge is 2.32. The molecule has 1 saturated carbocycles. The second-order valence-electron chi connectivity index (χ2n) is 6.91. The van der Waals surface area contributed by atoms with Gasteiger partial charge in [-0.1, -0.05) is 46.6 Å². The molecule has 0 aromatic carbocycles. The Morgan fingerprint density at radius 2 is 1.50 bits per heavy atom. The molecule has 1 rings (SSSR count). The maximum Gasteiger partial charge on any atom is 0.0342 e. The van der Waals surface area contributed by atoms with E-state index in [4.69, 9.17) is 0 Å². The fourth-order valence-corrected chi connectivity index (χ4v) is 2.50. The van der Waals surface area contributed by atoms with Crippen LogP contribution in [0.25, 0.3) is 0 Å². The van der Waals surface area contributed by atoms with Crippen molar-refractivity contribution < 1.29 is 0 Å². The van der Waals surface area contributed by atoms with Gasteiger partial charge in [0.2, 0.25) is 0 Å². The molecule has 0 aromatic rings. The monoisotopic (exact) mass is 223 g/mol. The largest absolute Gasteiger partial charge is 0.383 e. The van der Waals surface area contributed by atoms with Crippen molar-refractivity contribution in [2.45, 2.75) is 72.3 Å². The first-order valence-electron chi connectivity index (χ1n) is 6.71. The van der Waals surface area contributed by atoms with Gasteiger partial charge in [-0.2, -0.15) is 0 Å². The van der Waals surface area contributed by atoms with E-state index in [-0.39, 0.29) is 11.0 Å². The van der Waals surface area contributed by atoms with Gasteiger partial charge in [0.1, 0.15) is 0 Å². The van der Waals surface area contributed by atoms with Crippen LogP contribution in [0.2, 0.25) is 0 Å². The van der Waals surface area contributed by atoms with Crippen LogP contribution in [0.1, 0.15) is 66.7 Å². The van der Waals surface area contributed by atoms with Crippen LogP contribution >= 0.6 is 0 Å². The van der Waals surface area contributed by atoms with E-state index in [9.17, 15) is 0 Å². The van der Waals surface area contributed by atoms with Crippen LogP contribution in [-0.2, 0) is 0 Å². The summed E-state index contributed by atoms with van der Waals surface area (Å²) in [5.41, 5.74) is 1.53. The van der Waals surface area contributed by atoms with Crippen LogP contribution in [0.15, 0.2) is 12.3 Å². The van der Waals surface area contributed by atoms with Crippen molar-refractivity contribution in [1.29, 1.82) is 0 Å². The fraction of sp³-hybridized carbons (Fsp3) is 0.867. The van der Waals surface area contributed by atoms with Gasteiger partial charge in [-0.25, -0.2) is 0 Å². The quantitative estimate of drug-likeness (QED) is 0.743. The molecule has 1 aliphatic rings. The molecule has 0 atom stereocenters. The molecular weight excluding hydrogens is 194 g/mol. The van der Waals surface area contributed by atoms with E-state index in [0.717, 1.165) is 5.92 Å². The molecule has 1 N–H and O–H groups in total. The second kappa shape index (κ2) is 4.81. The minimum absolute atomic E-state index is 0.159. The van der Waals surface area contributed by atoms with Crippen molar-refractivity contribution in [3.8, 4) is 0 Å². The van der Waals surface area contributed by atoms with E-state index < -0.39 is 0 Å². The Labute approximate surface area is 102 Å². The van der Waals surface area contributed by atoms with Gasteiger partial charge in [-0.3, -0.25) is 0 Å². The van der Waals surface area contributed by atoms with E-state index >= 15 is 0 Å². The van der Waals surface area contributed by atoms with Crippen LogP contribution in [0.4, 0.5) is 0 Å². The minimum atomic E-state index is 0.159. The molecule has 94 valence electrons. The smallest absolute Gasteiger partial charge is 0.0342 e. The predicted octanol–water partition coefficient (Wildman–Crippen LogP) is 4.49. The number of rotatable bonds is 3. The van der Waals surface area contributed by atoms with Gasteiger partial charge in [0.25, 0.3) is 0 Å². The van der Waals surface area contributed by atoms with Gasteiger partial charge in [0.15, 0.2) is 0 Å².